The van der Waals surface area contributed by atoms with Crippen LogP contribution in [0.2, 0.25) is 10.0 Å². The third kappa shape index (κ3) is 3.93. The van der Waals surface area contributed by atoms with E-state index in [1.54, 1.807) is 18.2 Å². The van der Waals surface area contributed by atoms with Gasteiger partial charge in [0.25, 0.3) is 5.56 Å². The minimum Gasteiger partial charge on any atom is -0.324 e. The molecule has 1 aromatic heterocycles. The Labute approximate surface area is 148 Å². The van der Waals surface area contributed by atoms with Crippen LogP contribution in [0.1, 0.15) is 16.8 Å². The summed E-state index contributed by atoms with van der Waals surface area (Å²) in [6.07, 6.45) is 0.385. The van der Waals surface area contributed by atoms with E-state index in [0.29, 0.717) is 22.2 Å². The standard InChI is InChI=1S/C17H14Cl2N4O/c1-10-2-7-13(9-14(10)19)20-17-21-16(24)15(22-23-17)8-11-3-5-12(18)6-4-11/h2-7,9H,8H2,1H3,(H2,20,21,23,24). The maximum atomic E-state index is 12.2. The maximum absolute atomic E-state index is 12.2. The van der Waals surface area contributed by atoms with E-state index in [1.165, 1.54) is 0 Å². The van der Waals surface area contributed by atoms with Gasteiger partial charge in [-0.3, -0.25) is 9.78 Å². The average Bonchev–Trinajstić information content (AvgIpc) is 2.55. The molecule has 0 atom stereocenters. The minimum absolute atomic E-state index is 0.264. The van der Waals surface area contributed by atoms with E-state index in [9.17, 15) is 4.79 Å². The Kier molecular flexibility index (Phi) is 4.83. The van der Waals surface area contributed by atoms with Crippen LogP contribution in [0.5, 0.6) is 0 Å². The van der Waals surface area contributed by atoms with Gasteiger partial charge in [-0.25, -0.2) is 0 Å². The van der Waals surface area contributed by atoms with E-state index in [1.807, 2.05) is 31.2 Å². The molecule has 0 radical (unpaired) electrons. The molecule has 1 heterocycles. The molecule has 0 spiro atoms. The van der Waals surface area contributed by atoms with E-state index in [4.69, 9.17) is 23.2 Å². The topological polar surface area (TPSA) is 70.7 Å². The number of H-pyrrole nitrogens is 1. The molecule has 122 valence electrons. The van der Waals surface area contributed by atoms with Crippen molar-refractivity contribution in [3.05, 3.63) is 79.7 Å². The summed E-state index contributed by atoms with van der Waals surface area (Å²) in [5, 5.41) is 12.3. The van der Waals surface area contributed by atoms with Crippen LogP contribution in [-0.2, 0) is 6.42 Å². The number of aromatic amines is 1. The molecule has 0 aliphatic carbocycles. The molecule has 2 N–H and O–H groups in total. The van der Waals surface area contributed by atoms with Gasteiger partial charge in [-0.1, -0.05) is 41.4 Å². The van der Waals surface area contributed by atoms with Crippen molar-refractivity contribution in [3.63, 3.8) is 0 Å². The summed E-state index contributed by atoms with van der Waals surface area (Å²) in [6, 6.07) is 12.7. The Bertz CT molecular complexity index is 923. The van der Waals surface area contributed by atoms with Crippen LogP contribution in [0.15, 0.2) is 47.3 Å². The highest BCUT2D eigenvalue weighted by Crippen LogP contribution is 2.21. The van der Waals surface area contributed by atoms with Crippen molar-refractivity contribution < 1.29 is 0 Å². The van der Waals surface area contributed by atoms with Crippen LogP contribution in [0.25, 0.3) is 0 Å². The Morgan fingerprint density at radius 1 is 1.08 bits per heavy atom. The van der Waals surface area contributed by atoms with Gasteiger partial charge < -0.3 is 5.32 Å². The van der Waals surface area contributed by atoms with Crippen LogP contribution in [0.4, 0.5) is 11.6 Å². The van der Waals surface area contributed by atoms with E-state index in [2.05, 4.69) is 20.5 Å². The molecule has 7 heteroatoms. The molecular formula is C17H14Cl2N4O. The lowest BCUT2D eigenvalue weighted by atomic mass is 10.1. The number of nitrogens with zero attached hydrogens (tertiary/aromatic N) is 2. The number of benzene rings is 2. The molecule has 0 saturated carbocycles. The summed E-state index contributed by atoms with van der Waals surface area (Å²) in [5.74, 6) is 0.264. The van der Waals surface area contributed by atoms with Gasteiger partial charge in [-0.15, -0.1) is 10.2 Å². The van der Waals surface area contributed by atoms with Gasteiger partial charge in [-0.2, -0.15) is 0 Å². The zero-order chi connectivity index (χ0) is 17.1. The molecule has 0 aliphatic rings. The highest BCUT2D eigenvalue weighted by atomic mass is 35.5. The molecule has 2 aromatic carbocycles. The van der Waals surface area contributed by atoms with Gasteiger partial charge in [0.2, 0.25) is 5.95 Å². The molecule has 0 unspecified atom stereocenters. The first kappa shape index (κ1) is 16.5. The summed E-state index contributed by atoms with van der Waals surface area (Å²) in [4.78, 5) is 14.9. The van der Waals surface area contributed by atoms with E-state index >= 15 is 0 Å². The smallest absolute Gasteiger partial charge is 0.274 e. The molecular weight excluding hydrogens is 347 g/mol. The summed E-state index contributed by atoms with van der Waals surface area (Å²) in [5.41, 5.74) is 2.68. The first-order valence-corrected chi connectivity index (χ1v) is 8.00. The summed E-state index contributed by atoms with van der Waals surface area (Å²) < 4.78 is 0. The fraction of sp³-hybridized carbons (Fsp3) is 0.118. The summed E-state index contributed by atoms with van der Waals surface area (Å²) in [6.45, 7) is 1.92. The molecule has 5 nitrogen and oxygen atoms in total. The number of hydrogen-bond donors (Lipinski definition) is 2. The van der Waals surface area contributed by atoms with Crippen LogP contribution >= 0.6 is 23.2 Å². The van der Waals surface area contributed by atoms with Crippen molar-refractivity contribution >= 4 is 34.8 Å². The predicted octanol–water partition coefficient (Wildman–Crippen LogP) is 4.11. The van der Waals surface area contributed by atoms with Crippen molar-refractivity contribution in [2.24, 2.45) is 0 Å². The molecule has 3 aromatic rings. The third-order valence-corrected chi connectivity index (χ3v) is 4.14. The van der Waals surface area contributed by atoms with Crippen LogP contribution in [0.3, 0.4) is 0 Å². The SMILES string of the molecule is Cc1ccc(Nc2nnc(Cc3ccc(Cl)cc3)c(=O)[nH]2)cc1Cl. The molecule has 0 fully saturated rings. The zero-order valence-corrected chi connectivity index (χ0v) is 14.3. The normalized spacial score (nSPS) is 10.6. The molecule has 0 amide bonds. The first-order valence-electron chi connectivity index (χ1n) is 7.25. The lowest BCUT2D eigenvalue weighted by molar-refractivity contribution is 0.874. The van der Waals surface area contributed by atoms with E-state index in [-0.39, 0.29) is 11.5 Å². The molecule has 24 heavy (non-hydrogen) atoms. The third-order valence-electron chi connectivity index (χ3n) is 3.48. The Balaban J connectivity index is 1.78. The van der Waals surface area contributed by atoms with Gasteiger partial charge >= 0.3 is 0 Å². The molecule has 0 bridgehead atoms. The van der Waals surface area contributed by atoms with Crippen molar-refractivity contribution in [1.82, 2.24) is 15.2 Å². The summed E-state index contributed by atoms with van der Waals surface area (Å²) >= 11 is 11.9. The highest BCUT2D eigenvalue weighted by Gasteiger charge is 2.07. The Hall–Kier alpha value is -2.37. The Morgan fingerprint density at radius 3 is 2.50 bits per heavy atom. The van der Waals surface area contributed by atoms with Crippen LogP contribution in [-0.4, -0.2) is 15.2 Å². The highest BCUT2D eigenvalue weighted by molar-refractivity contribution is 6.31. The second kappa shape index (κ2) is 7.03. The number of anilines is 2. The van der Waals surface area contributed by atoms with Gasteiger partial charge in [0.1, 0.15) is 5.69 Å². The number of aryl methyl sites for hydroxylation is 1. The van der Waals surface area contributed by atoms with Crippen molar-refractivity contribution in [2.45, 2.75) is 13.3 Å². The Morgan fingerprint density at radius 2 is 1.83 bits per heavy atom. The lowest BCUT2D eigenvalue weighted by Crippen LogP contribution is -2.18. The number of aromatic nitrogens is 3. The number of halogens is 2. The lowest BCUT2D eigenvalue weighted by Gasteiger charge is -2.07. The average molecular weight is 361 g/mol. The van der Waals surface area contributed by atoms with Crippen molar-refractivity contribution in [1.29, 1.82) is 0 Å². The zero-order valence-electron chi connectivity index (χ0n) is 12.8. The molecule has 0 aliphatic heterocycles. The minimum atomic E-state index is -0.291. The van der Waals surface area contributed by atoms with Crippen molar-refractivity contribution in [3.8, 4) is 0 Å². The maximum Gasteiger partial charge on any atom is 0.274 e. The monoisotopic (exact) mass is 360 g/mol. The van der Waals surface area contributed by atoms with Gasteiger partial charge in [0, 0.05) is 22.2 Å². The van der Waals surface area contributed by atoms with Crippen LogP contribution < -0.4 is 10.9 Å². The summed E-state index contributed by atoms with van der Waals surface area (Å²) in [7, 11) is 0. The fourth-order valence-electron chi connectivity index (χ4n) is 2.14. The largest absolute Gasteiger partial charge is 0.324 e. The van der Waals surface area contributed by atoms with Gasteiger partial charge in [-0.05, 0) is 42.3 Å². The number of hydrogen-bond acceptors (Lipinski definition) is 4. The number of nitrogens with one attached hydrogen (secondary N) is 2. The first-order chi connectivity index (χ1) is 11.5. The molecule has 3 rings (SSSR count). The van der Waals surface area contributed by atoms with Gasteiger partial charge in [0.05, 0.1) is 0 Å². The quantitative estimate of drug-likeness (QED) is 0.734. The van der Waals surface area contributed by atoms with Crippen molar-refractivity contribution in [2.75, 3.05) is 5.32 Å². The van der Waals surface area contributed by atoms with E-state index in [0.717, 1.165) is 16.8 Å². The second-order valence-corrected chi connectivity index (χ2v) is 6.19. The van der Waals surface area contributed by atoms with Crippen LogP contribution in [0, 0.1) is 6.92 Å². The van der Waals surface area contributed by atoms with Gasteiger partial charge in [0.15, 0.2) is 0 Å². The predicted molar refractivity (Wildman–Crippen MR) is 96.4 cm³/mol. The van der Waals surface area contributed by atoms with E-state index < -0.39 is 0 Å². The molecule has 0 saturated heterocycles. The second-order valence-electron chi connectivity index (χ2n) is 5.34. The number of rotatable bonds is 4. The fourth-order valence-corrected chi connectivity index (χ4v) is 2.44.